The summed E-state index contributed by atoms with van der Waals surface area (Å²) in [6.45, 7) is 7.22. The summed E-state index contributed by atoms with van der Waals surface area (Å²) in [6, 6.07) is 0. The van der Waals surface area contributed by atoms with Crippen molar-refractivity contribution >= 4 is 5.97 Å². The van der Waals surface area contributed by atoms with Crippen LogP contribution in [0.3, 0.4) is 0 Å². The SMILES string of the molecule is C=C(C)C(=O)OC1(C)CC2CC1CC2O. The highest BCUT2D eigenvalue weighted by Gasteiger charge is 2.54. The molecule has 0 amide bonds. The molecule has 1 N–H and O–H groups in total. The highest BCUT2D eigenvalue weighted by molar-refractivity contribution is 5.87. The van der Waals surface area contributed by atoms with Crippen LogP contribution in [-0.4, -0.2) is 22.8 Å². The smallest absolute Gasteiger partial charge is 0.333 e. The van der Waals surface area contributed by atoms with E-state index in [-0.39, 0.29) is 17.7 Å². The van der Waals surface area contributed by atoms with Crippen LogP contribution < -0.4 is 0 Å². The van der Waals surface area contributed by atoms with E-state index in [0.29, 0.717) is 17.4 Å². The van der Waals surface area contributed by atoms with Gasteiger partial charge in [0.1, 0.15) is 5.60 Å². The third kappa shape index (κ3) is 1.69. The molecule has 84 valence electrons. The van der Waals surface area contributed by atoms with Crippen molar-refractivity contribution in [2.75, 3.05) is 0 Å². The van der Waals surface area contributed by atoms with E-state index < -0.39 is 0 Å². The van der Waals surface area contributed by atoms with Gasteiger partial charge >= 0.3 is 5.97 Å². The second-order valence-corrected chi connectivity index (χ2v) is 5.18. The number of fused-ring (bicyclic) bond motifs is 2. The highest BCUT2D eigenvalue weighted by atomic mass is 16.6. The van der Waals surface area contributed by atoms with Crippen molar-refractivity contribution in [2.24, 2.45) is 11.8 Å². The zero-order valence-electron chi connectivity index (χ0n) is 9.32. The fourth-order valence-electron chi connectivity index (χ4n) is 2.93. The number of hydrogen-bond donors (Lipinski definition) is 1. The molecule has 2 aliphatic rings. The average Bonchev–Trinajstić information content (AvgIpc) is 2.60. The zero-order chi connectivity index (χ0) is 11.2. The summed E-state index contributed by atoms with van der Waals surface area (Å²) < 4.78 is 5.49. The van der Waals surface area contributed by atoms with E-state index in [0.717, 1.165) is 19.3 Å². The van der Waals surface area contributed by atoms with Crippen LogP contribution in [0.1, 0.15) is 33.1 Å². The standard InChI is InChI=1S/C12H18O3/c1-7(2)11(14)15-12(3)6-8-4-9(12)5-10(8)13/h8-10,13H,1,4-6H2,2-3H3. The molecule has 2 aliphatic carbocycles. The topological polar surface area (TPSA) is 46.5 Å². The van der Waals surface area contributed by atoms with Gasteiger partial charge in [-0.15, -0.1) is 0 Å². The Bertz CT molecular complexity index is 308. The van der Waals surface area contributed by atoms with Crippen LogP contribution in [0.5, 0.6) is 0 Å². The molecule has 4 atom stereocenters. The van der Waals surface area contributed by atoms with Gasteiger partial charge in [-0.1, -0.05) is 6.58 Å². The Morgan fingerprint density at radius 2 is 2.20 bits per heavy atom. The summed E-state index contributed by atoms with van der Waals surface area (Å²) in [5, 5.41) is 9.64. The van der Waals surface area contributed by atoms with Crippen molar-refractivity contribution in [1.82, 2.24) is 0 Å². The molecule has 2 fully saturated rings. The van der Waals surface area contributed by atoms with E-state index in [1.807, 2.05) is 6.92 Å². The summed E-state index contributed by atoms with van der Waals surface area (Å²) in [4.78, 5) is 11.5. The molecular formula is C12H18O3. The predicted octanol–water partition coefficient (Wildman–Crippen LogP) is 1.66. The number of aliphatic hydroxyl groups excluding tert-OH is 1. The monoisotopic (exact) mass is 210 g/mol. The molecule has 0 saturated heterocycles. The number of esters is 1. The second kappa shape index (κ2) is 3.34. The molecule has 0 aromatic heterocycles. The Labute approximate surface area is 90.1 Å². The first-order chi connectivity index (χ1) is 6.92. The van der Waals surface area contributed by atoms with E-state index in [1.54, 1.807) is 6.92 Å². The van der Waals surface area contributed by atoms with E-state index in [1.165, 1.54) is 0 Å². The van der Waals surface area contributed by atoms with E-state index in [9.17, 15) is 9.90 Å². The number of rotatable bonds is 2. The summed E-state index contributed by atoms with van der Waals surface area (Å²) in [7, 11) is 0. The maximum Gasteiger partial charge on any atom is 0.333 e. The fraction of sp³-hybridized carbons (Fsp3) is 0.750. The van der Waals surface area contributed by atoms with Gasteiger partial charge in [0.05, 0.1) is 6.10 Å². The Morgan fingerprint density at radius 1 is 1.53 bits per heavy atom. The molecule has 15 heavy (non-hydrogen) atoms. The molecule has 0 spiro atoms. The van der Waals surface area contributed by atoms with Crippen molar-refractivity contribution in [3.8, 4) is 0 Å². The largest absolute Gasteiger partial charge is 0.456 e. The molecule has 3 heteroatoms. The van der Waals surface area contributed by atoms with Crippen molar-refractivity contribution in [3.63, 3.8) is 0 Å². The Kier molecular flexibility index (Phi) is 2.38. The third-order valence-corrected chi connectivity index (χ3v) is 3.86. The van der Waals surface area contributed by atoms with Crippen LogP contribution in [0, 0.1) is 11.8 Å². The lowest BCUT2D eigenvalue weighted by Crippen LogP contribution is -2.40. The lowest BCUT2D eigenvalue weighted by molar-refractivity contribution is -0.160. The van der Waals surface area contributed by atoms with Gasteiger partial charge in [-0.2, -0.15) is 0 Å². The lowest BCUT2D eigenvalue weighted by atomic mass is 9.84. The summed E-state index contributed by atoms with van der Waals surface area (Å²) >= 11 is 0. The van der Waals surface area contributed by atoms with Crippen LogP contribution in [0.15, 0.2) is 12.2 Å². The fourth-order valence-corrected chi connectivity index (χ4v) is 2.93. The summed E-state index contributed by atoms with van der Waals surface area (Å²) in [5.74, 6) is 0.332. The van der Waals surface area contributed by atoms with Crippen molar-refractivity contribution < 1.29 is 14.6 Å². The van der Waals surface area contributed by atoms with Gasteiger partial charge in [-0.3, -0.25) is 0 Å². The Morgan fingerprint density at radius 3 is 2.60 bits per heavy atom. The van der Waals surface area contributed by atoms with Crippen LogP contribution >= 0.6 is 0 Å². The lowest BCUT2D eigenvalue weighted by Gasteiger charge is -2.35. The minimum Gasteiger partial charge on any atom is -0.456 e. The first-order valence-corrected chi connectivity index (χ1v) is 5.49. The van der Waals surface area contributed by atoms with Crippen LogP contribution in [-0.2, 0) is 9.53 Å². The van der Waals surface area contributed by atoms with Crippen molar-refractivity contribution in [2.45, 2.75) is 44.8 Å². The number of hydrogen-bond acceptors (Lipinski definition) is 3. The van der Waals surface area contributed by atoms with Gasteiger partial charge in [0.15, 0.2) is 0 Å². The molecule has 0 aromatic rings. The molecular weight excluding hydrogens is 192 g/mol. The minimum atomic E-state index is -0.375. The molecule has 0 aliphatic heterocycles. The van der Waals surface area contributed by atoms with Crippen LogP contribution in [0.25, 0.3) is 0 Å². The molecule has 0 radical (unpaired) electrons. The number of carbonyl (C=O) groups is 1. The zero-order valence-corrected chi connectivity index (χ0v) is 9.32. The molecule has 0 heterocycles. The summed E-state index contributed by atoms with van der Waals surface area (Å²) in [5.41, 5.74) is 0.0690. The molecule has 2 bridgehead atoms. The van der Waals surface area contributed by atoms with Gasteiger partial charge in [0.2, 0.25) is 0 Å². The van der Waals surface area contributed by atoms with Crippen LogP contribution in [0.2, 0.25) is 0 Å². The first-order valence-electron chi connectivity index (χ1n) is 5.49. The predicted molar refractivity (Wildman–Crippen MR) is 56.1 cm³/mol. The van der Waals surface area contributed by atoms with Crippen LogP contribution in [0.4, 0.5) is 0 Å². The maximum atomic E-state index is 11.5. The van der Waals surface area contributed by atoms with Crippen molar-refractivity contribution in [3.05, 3.63) is 12.2 Å². The Hall–Kier alpha value is -0.830. The maximum absolute atomic E-state index is 11.5. The van der Waals surface area contributed by atoms with E-state index in [4.69, 9.17) is 4.74 Å². The second-order valence-electron chi connectivity index (χ2n) is 5.18. The van der Waals surface area contributed by atoms with Crippen molar-refractivity contribution in [1.29, 1.82) is 0 Å². The van der Waals surface area contributed by atoms with E-state index >= 15 is 0 Å². The number of carbonyl (C=O) groups excluding carboxylic acids is 1. The third-order valence-electron chi connectivity index (χ3n) is 3.86. The van der Waals surface area contributed by atoms with Gasteiger partial charge in [-0.25, -0.2) is 4.79 Å². The average molecular weight is 210 g/mol. The molecule has 0 aromatic carbocycles. The molecule has 2 saturated carbocycles. The molecule has 3 nitrogen and oxygen atoms in total. The molecule has 2 rings (SSSR count). The van der Waals surface area contributed by atoms with Gasteiger partial charge in [-0.05, 0) is 39.0 Å². The van der Waals surface area contributed by atoms with Gasteiger partial charge in [0, 0.05) is 11.5 Å². The molecule has 4 unspecified atom stereocenters. The van der Waals surface area contributed by atoms with Gasteiger partial charge in [0.25, 0.3) is 0 Å². The minimum absolute atomic E-state index is 0.188. The normalized spacial score (nSPS) is 43.0. The van der Waals surface area contributed by atoms with E-state index in [2.05, 4.69) is 6.58 Å². The number of aliphatic hydroxyl groups is 1. The Balaban J connectivity index is 2.05. The quantitative estimate of drug-likeness (QED) is 0.557. The highest BCUT2D eigenvalue weighted by Crippen LogP contribution is 2.52. The first kappa shape index (κ1) is 10.7. The summed E-state index contributed by atoms with van der Waals surface area (Å²) in [6.07, 6.45) is 2.36. The number of ether oxygens (including phenoxy) is 1. The van der Waals surface area contributed by atoms with Gasteiger partial charge < -0.3 is 9.84 Å².